The lowest BCUT2D eigenvalue weighted by atomic mass is 10.1. The number of benzene rings is 1. The summed E-state index contributed by atoms with van der Waals surface area (Å²) in [5.74, 6) is -2.05. The number of carbonyl (C=O) groups excluding carboxylic acids is 1. The maximum atomic E-state index is 11.2. The number of nitrogens with two attached hydrogens (primary N) is 1. The summed E-state index contributed by atoms with van der Waals surface area (Å²) in [4.78, 5) is 21.6. The number of aliphatic carboxylic acids is 1. The van der Waals surface area contributed by atoms with Crippen LogP contribution < -0.4 is 5.73 Å². The first kappa shape index (κ1) is 9.41. The van der Waals surface area contributed by atoms with E-state index in [2.05, 4.69) is 0 Å². The third-order valence-corrected chi connectivity index (χ3v) is 1.51. The first-order valence-electron chi connectivity index (χ1n) is 3.58. The van der Waals surface area contributed by atoms with Gasteiger partial charge < -0.3 is 10.8 Å². The Hall–Kier alpha value is -1.68. The summed E-state index contributed by atoms with van der Waals surface area (Å²) in [5.41, 5.74) is 5.34. The van der Waals surface area contributed by atoms with E-state index in [-0.39, 0.29) is 5.56 Å². The summed E-state index contributed by atoms with van der Waals surface area (Å²) in [6, 6.07) is 7.38. The van der Waals surface area contributed by atoms with Crippen LogP contribution in [0.5, 0.6) is 0 Å². The van der Waals surface area contributed by atoms with E-state index >= 15 is 0 Å². The largest absolute Gasteiger partial charge is 0.479 e. The van der Waals surface area contributed by atoms with Crippen molar-refractivity contribution >= 4 is 11.8 Å². The van der Waals surface area contributed by atoms with E-state index in [1.165, 1.54) is 12.1 Å². The van der Waals surface area contributed by atoms with Crippen molar-refractivity contribution in [1.82, 2.24) is 0 Å². The summed E-state index contributed by atoms with van der Waals surface area (Å²) in [6.07, 6.45) is 0. The molecule has 1 radical (unpaired) electrons. The maximum absolute atomic E-state index is 11.2. The second-order valence-corrected chi connectivity index (χ2v) is 2.41. The van der Waals surface area contributed by atoms with Gasteiger partial charge in [-0.15, -0.1) is 0 Å². The first-order chi connectivity index (χ1) is 6.13. The van der Waals surface area contributed by atoms with Crippen LogP contribution in [-0.4, -0.2) is 16.9 Å². The predicted molar refractivity (Wildman–Crippen MR) is 45.8 cm³/mol. The number of Topliss-reactive ketones (excluding diaryl/α,β-unsaturated/α-hetero) is 1. The van der Waals surface area contributed by atoms with Crippen LogP contribution in [0.2, 0.25) is 0 Å². The van der Waals surface area contributed by atoms with E-state index in [0.29, 0.717) is 0 Å². The van der Waals surface area contributed by atoms with Crippen molar-refractivity contribution < 1.29 is 14.7 Å². The van der Waals surface area contributed by atoms with Gasteiger partial charge in [-0.25, -0.2) is 4.79 Å². The molecule has 0 aliphatic rings. The van der Waals surface area contributed by atoms with Gasteiger partial charge in [-0.1, -0.05) is 30.3 Å². The molecule has 0 fully saturated rings. The van der Waals surface area contributed by atoms with Gasteiger partial charge in [0.05, 0.1) is 0 Å². The number of carboxylic acids is 1. The van der Waals surface area contributed by atoms with E-state index < -0.39 is 17.8 Å². The zero-order chi connectivity index (χ0) is 9.84. The van der Waals surface area contributed by atoms with Crippen LogP contribution in [0.4, 0.5) is 0 Å². The summed E-state index contributed by atoms with van der Waals surface area (Å²) in [7, 11) is 0. The molecule has 0 heterocycles. The average Bonchev–Trinajstić information content (AvgIpc) is 2.17. The molecule has 0 atom stereocenters. The molecule has 67 valence electrons. The zero-order valence-electron chi connectivity index (χ0n) is 6.73. The fraction of sp³-hybridized carbons (Fsp3) is 0. The van der Waals surface area contributed by atoms with Crippen LogP contribution in [-0.2, 0) is 4.79 Å². The molecule has 0 aromatic heterocycles. The third-order valence-electron chi connectivity index (χ3n) is 1.51. The summed E-state index contributed by atoms with van der Waals surface area (Å²) in [6.45, 7) is 0. The molecule has 0 aliphatic heterocycles. The van der Waals surface area contributed by atoms with Gasteiger partial charge in [0.25, 0.3) is 0 Å². The Bertz CT molecular complexity index is 321. The van der Waals surface area contributed by atoms with Crippen LogP contribution in [0.1, 0.15) is 10.4 Å². The van der Waals surface area contributed by atoms with E-state index in [0.717, 1.165) is 0 Å². The van der Waals surface area contributed by atoms with Gasteiger partial charge in [-0.3, -0.25) is 4.79 Å². The summed E-state index contributed by atoms with van der Waals surface area (Å²) < 4.78 is 0. The fourth-order valence-electron chi connectivity index (χ4n) is 0.842. The maximum Gasteiger partial charge on any atom is 0.334 e. The molecule has 0 amide bonds. The van der Waals surface area contributed by atoms with Gasteiger partial charge >= 0.3 is 5.97 Å². The van der Waals surface area contributed by atoms with Crippen molar-refractivity contribution in [1.29, 1.82) is 0 Å². The van der Waals surface area contributed by atoms with Gasteiger partial charge in [0.1, 0.15) is 0 Å². The Labute approximate surface area is 75.0 Å². The molecule has 4 heteroatoms. The normalized spacial score (nSPS) is 10.0. The SMILES string of the molecule is N[C](C(=O)O)C(=O)c1ccccc1. The van der Waals surface area contributed by atoms with Crippen LogP contribution in [0.25, 0.3) is 0 Å². The van der Waals surface area contributed by atoms with Gasteiger partial charge in [0.15, 0.2) is 5.78 Å². The predicted octanol–water partition coefficient (Wildman–Crippen LogP) is 0.445. The highest BCUT2D eigenvalue weighted by Gasteiger charge is 2.23. The Morgan fingerprint density at radius 1 is 1.15 bits per heavy atom. The molecule has 0 unspecified atom stereocenters. The van der Waals surface area contributed by atoms with Gasteiger partial charge in [-0.2, -0.15) is 0 Å². The Kier molecular flexibility index (Phi) is 2.76. The minimum absolute atomic E-state index is 0.280. The molecule has 1 aromatic carbocycles. The van der Waals surface area contributed by atoms with E-state index in [9.17, 15) is 9.59 Å². The smallest absolute Gasteiger partial charge is 0.334 e. The van der Waals surface area contributed by atoms with Crippen molar-refractivity contribution in [2.24, 2.45) is 5.73 Å². The Balaban J connectivity index is 2.86. The van der Waals surface area contributed by atoms with E-state index in [4.69, 9.17) is 10.8 Å². The third kappa shape index (κ3) is 2.13. The monoisotopic (exact) mass is 178 g/mol. The second-order valence-electron chi connectivity index (χ2n) is 2.41. The minimum Gasteiger partial charge on any atom is -0.479 e. The quantitative estimate of drug-likeness (QED) is 0.520. The molecule has 3 N–H and O–H groups in total. The van der Waals surface area contributed by atoms with Crippen LogP contribution in [0.15, 0.2) is 30.3 Å². The summed E-state index contributed by atoms with van der Waals surface area (Å²) >= 11 is 0. The topological polar surface area (TPSA) is 80.4 Å². The number of carboxylic acid groups (broad SMARTS) is 1. The lowest BCUT2D eigenvalue weighted by molar-refractivity contribution is -0.134. The molecule has 4 nitrogen and oxygen atoms in total. The minimum atomic E-state index is -1.39. The van der Waals surface area contributed by atoms with E-state index in [1.54, 1.807) is 18.2 Å². The molecule has 13 heavy (non-hydrogen) atoms. The van der Waals surface area contributed by atoms with Gasteiger partial charge in [-0.05, 0) is 0 Å². The lowest BCUT2D eigenvalue weighted by Crippen LogP contribution is -2.29. The molecule has 0 saturated heterocycles. The fourth-order valence-corrected chi connectivity index (χ4v) is 0.842. The number of rotatable bonds is 3. The molecule has 0 bridgehead atoms. The lowest BCUT2D eigenvalue weighted by Gasteiger charge is -2.02. The first-order valence-corrected chi connectivity index (χ1v) is 3.58. The Morgan fingerprint density at radius 2 is 1.69 bits per heavy atom. The molecule has 0 aliphatic carbocycles. The number of carbonyl (C=O) groups is 2. The standard InChI is InChI=1S/C9H8NO3/c10-7(9(12)13)8(11)6-4-2-1-3-5-6/h1-5H,10H2,(H,12,13). The molecule has 1 rings (SSSR count). The Morgan fingerprint density at radius 3 is 2.15 bits per heavy atom. The highest BCUT2D eigenvalue weighted by atomic mass is 16.4. The highest BCUT2D eigenvalue weighted by molar-refractivity contribution is 6.19. The summed E-state index contributed by atoms with van der Waals surface area (Å²) in [5, 5.41) is 8.43. The number of ketones is 1. The van der Waals surface area contributed by atoms with Crippen LogP contribution in [0.3, 0.4) is 0 Å². The number of hydrogen-bond donors (Lipinski definition) is 2. The molecule has 1 aromatic rings. The van der Waals surface area contributed by atoms with Gasteiger partial charge in [0.2, 0.25) is 6.04 Å². The van der Waals surface area contributed by atoms with E-state index in [1.807, 2.05) is 0 Å². The molecule has 0 saturated carbocycles. The highest BCUT2D eigenvalue weighted by Crippen LogP contribution is 2.05. The van der Waals surface area contributed by atoms with Crippen molar-refractivity contribution in [2.45, 2.75) is 0 Å². The second kappa shape index (κ2) is 3.82. The van der Waals surface area contributed by atoms with Crippen molar-refractivity contribution in [2.75, 3.05) is 0 Å². The molecular formula is C9H8NO3. The van der Waals surface area contributed by atoms with Crippen molar-refractivity contribution in [3.8, 4) is 0 Å². The average molecular weight is 178 g/mol. The van der Waals surface area contributed by atoms with Crippen LogP contribution >= 0.6 is 0 Å². The zero-order valence-corrected chi connectivity index (χ0v) is 6.73. The number of hydrogen-bond acceptors (Lipinski definition) is 3. The van der Waals surface area contributed by atoms with Crippen molar-refractivity contribution in [3.63, 3.8) is 0 Å². The molecule has 0 spiro atoms. The van der Waals surface area contributed by atoms with Gasteiger partial charge in [0, 0.05) is 5.56 Å². The van der Waals surface area contributed by atoms with Crippen molar-refractivity contribution in [3.05, 3.63) is 41.9 Å². The van der Waals surface area contributed by atoms with Crippen LogP contribution in [0, 0.1) is 6.04 Å². The molecular weight excluding hydrogens is 170 g/mol.